The van der Waals surface area contributed by atoms with Crippen molar-refractivity contribution >= 4 is 13.5 Å². The zero-order valence-corrected chi connectivity index (χ0v) is 23.0. The van der Waals surface area contributed by atoms with Gasteiger partial charge in [0.1, 0.15) is 23.8 Å². The first-order valence-electron chi connectivity index (χ1n) is 11.8. The molecule has 190 valence electrons. The summed E-state index contributed by atoms with van der Waals surface area (Å²) in [7, 11) is 1.78. The fourth-order valence-electron chi connectivity index (χ4n) is 4.49. The van der Waals surface area contributed by atoms with Crippen molar-refractivity contribution in [1.82, 2.24) is 4.57 Å². The van der Waals surface area contributed by atoms with Crippen molar-refractivity contribution in [2.24, 2.45) is 0 Å². The highest BCUT2D eigenvalue weighted by molar-refractivity contribution is 7.59. The third-order valence-electron chi connectivity index (χ3n) is 6.13. The van der Waals surface area contributed by atoms with Gasteiger partial charge in [0.05, 0.1) is 7.11 Å². The SMILES string of the molecule is COc1n(-c2c(C(C)C)cccc2C(C)C)cc[n+]1-c1c(C(C)C)cccc1C(C)C.FF.S.[H-]. The maximum Gasteiger partial charge on any atom is 0.466 e. The van der Waals surface area contributed by atoms with Gasteiger partial charge in [0.2, 0.25) is 0 Å². The summed E-state index contributed by atoms with van der Waals surface area (Å²) in [5.41, 5.74) is 7.86. The molecule has 3 aromatic rings. The van der Waals surface area contributed by atoms with Crippen LogP contribution in [0.5, 0.6) is 6.01 Å². The summed E-state index contributed by atoms with van der Waals surface area (Å²) >= 11 is 0. The molecule has 0 aliphatic carbocycles. The van der Waals surface area contributed by atoms with Gasteiger partial charge in [-0.2, -0.15) is 22.6 Å². The van der Waals surface area contributed by atoms with E-state index in [1.54, 1.807) is 7.11 Å². The quantitative estimate of drug-likeness (QED) is 0.303. The van der Waals surface area contributed by atoms with Crippen molar-refractivity contribution in [2.45, 2.75) is 79.1 Å². The van der Waals surface area contributed by atoms with Gasteiger partial charge in [-0.1, -0.05) is 91.8 Å². The van der Waals surface area contributed by atoms with Crippen molar-refractivity contribution in [3.63, 3.8) is 0 Å². The van der Waals surface area contributed by atoms with Gasteiger partial charge in [0, 0.05) is 31.4 Å². The topological polar surface area (TPSA) is 18.0 Å². The van der Waals surface area contributed by atoms with Crippen LogP contribution < -0.4 is 9.30 Å². The van der Waals surface area contributed by atoms with Crippen LogP contribution in [0.2, 0.25) is 0 Å². The lowest BCUT2D eigenvalue weighted by atomic mass is 9.92. The van der Waals surface area contributed by atoms with Crippen LogP contribution in [-0.2, 0) is 0 Å². The summed E-state index contributed by atoms with van der Waals surface area (Å²) in [6.07, 6.45) is 4.32. The summed E-state index contributed by atoms with van der Waals surface area (Å²) in [4.78, 5) is 0. The first kappa shape index (κ1) is 29.7. The molecule has 0 saturated carbocycles. The smallest absolute Gasteiger partial charge is 0.466 e. The highest BCUT2D eigenvalue weighted by atomic mass is 32.1. The molecule has 0 saturated heterocycles. The van der Waals surface area contributed by atoms with E-state index in [1.807, 2.05) is 0 Å². The van der Waals surface area contributed by atoms with Gasteiger partial charge in [-0.05, 0) is 23.7 Å². The molecule has 0 amide bonds. The molecule has 1 aromatic heterocycles. The Balaban J connectivity index is 0.00000282. The molecule has 0 spiro atoms. The Hall–Kier alpha value is -2.34. The Labute approximate surface area is 212 Å². The van der Waals surface area contributed by atoms with Gasteiger partial charge in [-0.3, -0.25) is 0 Å². The number of halogens is 2. The average molecular weight is 493 g/mol. The number of aromatic nitrogens is 2. The third kappa shape index (κ3) is 5.83. The Bertz CT molecular complexity index is 932. The second-order valence-electron chi connectivity index (χ2n) is 9.71. The fraction of sp³-hybridized carbons (Fsp3) is 0.464. The molecule has 34 heavy (non-hydrogen) atoms. The van der Waals surface area contributed by atoms with E-state index < -0.39 is 0 Å². The van der Waals surface area contributed by atoms with E-state index in [1.165, 1.54) is 33.6 Å². The number of imidazole rings is 1. The molecular formula is C28H42F2N2OS. The Morgan fingerprint density at radius 2 is 1.12 bits per heavy atom. The van der Waals surface area contributed by atoms with E-state index in [2.05, 4.69) is 113 Å². The van der Waals surface area contributed by atoms with Crippen LogP contribution in [0.25, 0.3) is 11.4 Å². The summed E-state index contributed by atoms with van der Waals surface area (Å²) in [6.45, 7) is 18.1. The van der Waals surface area contributed by atoms with Gasteiger partial charge in [0.25, 0.3) is 0 Å². The zero-order chi connectivity index (χ0) is 24.9. The van der Waals surface area contributed by atoms with Crippen molar-refractivity contribution in [3.05, 3.63) is 71.0 Å². The average Bonchev–Trinajstić information content (AvgIpc) is 3.22. The first-order valence-corrected chi connectivity index (χ1v) is 11.8. The van der Waals surface area contributed by atoms with E-state index in [4.69, 9.17) is 13.9 Å². The molecule has 0 bridgehead atoms. The van der Waals surface area contributed by atoms with Crippen LogP contribution in [0.3, 0.4) is 0 Å². The van der Waals surface area contributed by atoms with Crippen molar-refractivity contribution in [1.29, 1.82) is 0 Å². The molecule has 2 aromatic carbocycles. The number of benzene rings is 2. The van der Waals surface area contributed by atoms with Gasteiger partial charge >= 0.3 is 6.01 Å². The van der Waals surface area contributed by atoms with Crippen LogP contribution in [0.4, 0.5) is 9.15 Å². The lowest BCUT2D eigenvalue weighted by molar-refractivity contribution is -0.603. The molecule has 0 N–H and O–H groups in total. The standard InChI is InChI=1S/C28H39N2O.F2.H2S.H/c1-18(2)22-12-10-13-23(19(3)4)26(22)29-16-17-30(28(29)31-9)27-24(20(5)6)14-11-15-25(27)21(7)8;1-2;;/h10-21H,1-9H3;;1H2;/q+1;;;-1. The lowest BCUT2D eigenvalue weighted by Gasteiger charge is -2.19. The maximum absolute atomic E-state index is 8.00. The van der Waals surface area contributed by atoms with Gasteiger partial charge in [-0.25, -0.2) is 0 Å². The fourth-order valence-corrected chi connectivity index (χ4v) is 4.49. The second-order valence-corrected chi connectivity index (χ2v) is 9.71. The van der Waals surface area contributed by atoms with Crippen LogP contribution in [0.1, 0.15) is 103 Å². The zero-order valence-electron chi connectivity index (χ0n) is 23.0. The number of ether oxygens (including phenoxy) is 1. The minimum atomic E-state index is 0. The minimum absolute atomic E-state index is 0. The van der Waals surface area contributed by atoms with E-state index >= 15 is 0 Å². The number of para-hydroxylation sites is 2. The molecule has 0 aliphatic rings. The third-order valence-corrected chi connectivity index (χ3v) is 6.13. The minimum Gasteiger partial charge on any atom is -1.00 e. The molecule has 0 unspecified atom stereocenters. The van der Waals surface area contributed by atoms with E-state index in [-0.39, 0.29) is 14.9 Å². The summed E-state index contributed by atoms with van der Waals surface area (Å²) in [5, 5.41) is 0. The van der Waals surface area contributed by atoms with Crippen LogP contribution in [-0.4, -0.2) is 11.7 Å². The largest absolute Gasteiger partial charge is 1.00 e. The lowest BCUT2D eigenvalue weighted by Crippen LogP contribution is -2.34. The van der Waals surface area contributed by atoms with Gasteiger partial charge < -0.3 is 6.16 Å². The number of hydrogen-bond acceptors (Lipinski definition) is 1. The van der Waals surface area contributed by atoms with E-state index in [9.17, 15) is 0 Å². The molecule has 0 radical (unpaired) electrons. The van der Waals surface area contributed by atoms with Crippen LogP contribution >= 0.6 is 13.5 Å². The number of hydrogen-bond donors (Lipinski definition) is 0. The summed E-state index contributed by atoms with van der Waals surface area (Å²) < 4.78 is 26.6. The predicted molar refractivity (Wildman–Crippen MR) is 144 cm³/mol. The number of methoxy groups -OCH3 is 1. The Kier molecular flexibility index (Phi) is 11.3. The van der Waals surface area contributed by atoms with Gasteiger partial charge in [-0.15, -0.1) is 0 Å². The highest BCUT2D eigenvalue weighted by Gasteiger charge is 2.30. The van der Waals surface area contributed by atoms with Crippen LogP contribution in [0, 0.1) is 0 Å². The Morgan fingerprint density at radius 1 is 0.735 bits per heavy atom. The van der Waals surface area contributed by atoms with Crippen molar-refractivity contribution in [3.8, 4) is 17.4 Å². The highest BCUT2D eigenvalue weighted by Crippen LogP contribution is 2.34. The molecule has 3 nitrogen and oxygen atoms in total. The molecule has 0 fully saturated rings. The molecule has 6 heteroatoms. The monoisotopic (exact) mass is 492 g/mol. The summed E-state index contributed by atoms with van der Waals surface area (Å²) in [5.74, 6) is 1.68. The van der Waals surface area contributed by atoms with E-state index in [0.717, 1.165) is 6.01 Å². The molecule has 1 heterocycles. The Morgan fingerprint density at radius 3 is 1.47 bits per heavy atom. The van der Waals surface area contributed by atoms with E-state index in [0.29, 0.717) is 23.7 Å². The number of nitrogens with zero attached hydrogens (tertiary/aromatic N) is 2. The predicted octanol–water partition coefficient (Wildman–Crippen LogP) is 8.32. The van der Waals surface area contributed by atoms with Crippen LogP contribution in [0.15, 0.2) is 48.8 Å². The van der Waals surface area contributed by atoms with Crippen molar-refractivity contribution < 1.29 is 19.9 Å². The summed E-state index contributed by atoms with van der Waals surface area (Å²) in [6, 6.07) is 14.2. The van der Waals surface area contributed by atoms with Crippen molar-refractivity contribution in [2.75, 3.05) is 7.11 Å². The van der Waals surface area contributed by atoms with Gasteiger partial charge in [0.15, 0.2) is 0 Å². The first-order chi connectivity index (χ1) is 15.7. The normalized spacial score (nSPS) is 11.0. The molecule has 0 aliphatic heterocycles. The molecule has 3 rings (SSSR count). The molecular weight excluding hydrogens is 450 g/mol. The maximum atomic E-state index is 8.00. The number of rotatable bonds is 7. The molecule has 0 atom stereocenters. The second kappa shape index (κ2) is 12.9.